The van der Waals surface area contributed by atoms with Gasteiger partial charge in [-0.3, -0.25) is 9.79 Å². The van der Waals surface area contributed by atoms with Gasteiger partial charge in [0.2, 0.25) is 5.91 Å². The Balaban J connectivity index is 0.00000243. The van der Waals surface area contributed by atoms with Gasteiger partial charge in [-0.1, -0.05) is 18.2 Å². The van der Waals surface area contributed by atoms with Crippen molar-refractivity contribution in [3.8, 4) is 5.75 Å². The van der Waals surface area contributed by atoms with Gasteiger partial charge in [-0.05, 0) is 18.9 Å². The lowest BCUT2D eigenvalue weighted by atomic mass is 10.1. The van der Waals surface area contributed by atoms with Gasteiger partial charge in [-0.25, -0.2) is 0 Å². The van der Waals surface area contributed by atoms with E-state index in [1.807, 2.05) is 34.1 Å². The molecular weight excluding hydrogens is 447 g/mol. The fourth-order valence-corrected chi connectivity index (χ4v) is 3.21. The Morgan fingerprint density at radius 2 is 2.12 bits per heavy atom. The van der Waals surface area contributed by atoms with Crippen LogP contribution in [0.25, 0.3) is 0 Å². The molecule has 2 N–H and O–H groups in total. The van der Waals surface area contributed by atoms with Gasteiger partial charge in [0.05, 0.1) is 19.8 Å². The molecule has 144 valence electrons. The van der Waals surface area contributed by atoms with E-state index in [2.05, 4.69) is 10.3 Å². The molecule has 0 bridgehead atoms. The van der Waals surface area contributed by atoms with Gasteiger partial charge in [-0.15, -0.1) is 24.0 Å². The number of methoxy groups -OCH3 is 1. The second-order valence-corrected chi connectivity index (χ2v) is 6.43. The van der Waals surface area contributed by atoms with Crippen molar-refractivity contribution in [2.45, 2.75) is 25.0 Å². The fourth-order valence-electron chi connectivity index (χ4n) is 3.21. The Hall–Kier alpha value is -1.55. The highest BCUT2D eigenvalue weighted by molar-refractivity contribution is 14.0. The predicted octanol–water partition coefficient (Wildman–Crippen LogP) is 1.23. The molecule has 2 aliphatic rings. The summed E-state index contributed by atoms with van der Waals surface area (Å²) >= 11 is 0. The van der Waals surface area contributed by atoms with Crippen LogP contribution in [0.4, 0.5) is 0 Å². The monoisotopic (exact) mass is 474 g/mol. The van der Waals surface area contributed by atoms with Gasteiger partial charge >= 0.3 is 0 Å². The largest absolute Gasteiger partial charge is 0.496 e. The number of aliphatic imine (C=N–C) groups is 1. The molecule has 1 heterocycles. The Kier molecular flexibility index (Phi) is 7.51. The highest BCUT2D eigenvalue weighted by atomic mass is 127. The number of hydrogen-bond acceptors (Lipinski definition) is 4. The molecule has 2 fully saturated rings. The minimum absolute atomic E-state index is 0. The number of aliphatic hydroxyl groups excluding tert-OH is 1. The van der Waals surface area contributed by atoms with Crippen molar-refractivity contribution in [1.29, 1.82) is 0 Å². The van der Waals surface area contributed by atoms with E-state index in [1.54, 1.807) is 14.2 Å². The number of halogens is 1. The third-order valence-electron chi connectivity index (χ3n) is 4.71. The minimum atomic E-state index is -0.726. The number of nitrogens with one attached hydrogen (secondary N) is 1. The first kappa shape index (κ1) is 20.8. The molecule has 1 aliphatic carbocycles. The number of amides is 1. The van der Waals surface area contributed by atoms with Crippen LogP contribution < -0.4 is 10.1 Å². The van der Waals surface area contributed by atoms with Crippen LogP contribution in [0, 0.1) is 0 Å². The molecule has 26 heavy (non-hydrogen) atoms. The van der Waals surface area contributed by atoms with Gasteiger partial charge in [0, 0.05) is 38.3 Å². The maximum Gasteiger partial charge on any atom is 0.242 e. The summed E-state index contributed by atoms with van der Waals surface area (Å²) in [7, 11) is 3.28. The number of aliphatic hydroxyl groups is 1. The summed E-state index contributed by atoms with van der Waals surface area (Å²) in [5.74, 6) is 1.44. The van der Waals surface area contributed by atoms with E-state index >= 15 is 0 Å². The zero-order valence-electron chi connectivity index (χ0n) is 15.2. The average Bonchev–Trinajstić information content (AvgIpc) is 3.47. The Labute approximate surface area is 171 Å². The van der Waals surface area contributed by atoms with Crippen LogP contribution >= 0.6 is 24.0 Å². The summed E-state index contributed by atoms with van der Waals surface area (Å²) in [4.78, 5) is 20.5. The van der Waals surface area contributed by atoms with Crippen LogP contribution in [0.2, 0.25) is 0 Å². The number of hydrogen-bond donors (Lipinski definition) is 2. The highest BCUT2D eigenvalue weighted by Gasteiger charge is 2.36. The molecule has 7 nitrogen and oxygen atoms in total. The van der Waals surface area contributed by atoms with Crippen molar-refractivity contribution in [3.63, 3.8) is 0 Å². The minimum Gasteiger partial charge on any atom is -0.496 e. The maximum atomic E-state index is 12.3. The summed E-state index contributed by atoms with van der Waals surface area (Å²) < 4.78 is 5.29. The SMILES string of the molecule is CN=C(NCC(O)c1ccccc1OC)N1CCN(C2CC2)C(=O)C1.I. The lowest BCUT2D eigenvalue weighted by molar-refractivity contribution is -0.135. The summed E-state index contributed by atoms with van der Waals surface area (Å²) in [6, 6.07) is 7.85. The van der Waals surface area contributed by atoms with E-state index in [-0.39, 0.29) is 29.9 Å². The number of guanidine groups is 1. The van der Waals surface area contributed by atoms with E-state index in [9.17, 15) is 9.90 Å². The van der Waals surface area contributed by atoms with Gasteiger partial charge in [0.25, 0.3) is 0 Å². The summed E-state index contributed by atoms with van der Waals surface area (Å²) in [5, 5.41) is 13.6. The number of ether oxygens (including phenoxy) is 1. The van der Waals surface area contributed by atoms with E-state index in [4.69, 9.17) is 4.74 Å². The number of piperazine rings is 1. The Morgan fingerprint density at radius 1 is 1.38 bits per heavy atom. The molecule has 1 saturated heterocycles. The van der Waals surface area contributed by atoms with E-state index in [0.717, 1.165) is 31.5 Å². The van der Waals surface area contributed by atoms with Crippen LogP contribution in [0.15, 0.2) is 29.3 Å². The molecule has 1 saturated carbocycles. The van der Waals surface area contributed by atoms with Crippen LogP contribution in [-0.2, 0) is 4.79 Å². The van der Waals surface area contributed by atoms with Crippen molar-refractivity contribution in [2.24, 2.45) is 4.99 Å². The quantitative estimate of drug-likeness (QED) is 0.382. The first-order chi connectivity index (χ1) is 12.1. The van der Waals surface area contributed by atoms with E-state index in [1.165, 1.54) is 0 Å². The molecule has 1 atom stereocenters. The zero-order valence-corrected chi connectivity index (χ0v) is 17.6. The van der Waals surface area contributed by atoms with Crippen LogP contribution in [-0.4, -0.2) is 73.2 Å². The molecular formula is C18H27IN4O3. The number of para-hydroxylation sites is 1. The lowest BCUT2D eigenvalue weighted by Gasteiger charge is -2.36. The number of carbonyl (C=O) groups excluding carboxylic acids is 1. The van der Waals surface area contributed by atoms with Crippen LogP contribution in [0.5, 0.6) is 5.75 Å². The lowest BCUT2D eigenvalue weighted by Crippen LogP contribution is -2.56. The van der Waals surface area contributed by atoms with Crippen molar-refractivity contribution in [2.75, 3.05) is 40.3 Å². The van der Waals surface area contributed by atoms with Gasteiger partial charge in [-0.2, -0.15) is 0 Å². The molecule has 1 amide bonds. The standard InChI is InChI=1S/C18H26N4O3.HI/c1-19-18(21-9-10-22(13-7-8-13)17(24)12-21)20-11-15(23)14-5-3-4-6-16(14)25-2;/h3-6,13,15,23H,7-12H2,1-2H3,(H,19,20);1H. The molecule has 1 aliphatic heterocycles. The molecule has 1 unspecified atom stereocenters. The topological polar surface area (TPSA) is 77.4 Å². The number of rotatable bonds is 5. The van der Waals surface area contributed by atoms with E-state index < -0.39 is 6.10 Å². The summed E-state index contributed by atoms with van der Waals surface area (Å²) in [6.45, 7) is 2.12. The highest BCUT2D eigenvalue weighted by Crippen LogP contribution is 2.28. The number of nitrogens with zero attached hydrogens (tertiary/aromatic N) is 3. The van der Waals surface area contributed by atoms with Crippen molar-refractivity contribution in [1.82, 2.24) is 15.1 Å². The van der Waals surface area contributed by atoms with Crippen molar-refractivity contribution < 1.29 is 14.6 Å². The van der Waals surface area contributed by atoms with Gasteiger partial charge < -0.3 is 25.0 Å². The molecule has 1 aromatic rings. The second kappa shape index (κ2) is 9.40. The van der Waals surface area contributed by atoms with Gasteiger partial charge in [0.1, 0.15) is 5.75 Å². The first-order valence-electron chi connectivity index (χ1n) is 8.70. The number of carbonyl (C=O) groups is 1. The molecule has 0 aromatic heterocycles. The third-order valence-corrected chi connectivity index (χ3v) is 4.71. The van der Waals surface area contributed by atoms with Crippen LogP contribution in [0.3, 0.4) is 0 Å². The summed E-state index contributed by atoms with van der Waals surface area (Å²) in [5.41, 5.74) is 0.725. The van der Waals surface area contributed by atoms with Crippen LogP contribution in [0.1, 0.15) is 24.5 Å². The fraction of sp³-hybridized carbons (Fsp3) is 0.556. The number of benzene rings is 1. The van der Waals surface area contributed by atoms with Crippen molar-refractivity contribution >= 4 is 35.8 Å². The third kappa shape index (κ3) is 4.79. The zero-order chi connectivity index (χ0) is 17.8. The normalized spacial score (nSPS) is 19.0. The Bertz CT molecular complexity index is 651. The Morgan fingerprint density at radius 3 is 2.73 bits per heavy atom. The van der Waals surface area contributed by atoms with Crippen molar-refractivity contribution in [3.05, 3.63) is 29.8 Å². The van der Waals surface area contributed by atoms with E-state index in [0.29, 0.717) is 30.8 Å². The average molecular weight is 474 g/mol. The molecule has 1 aromatic carbocycles. The smallest absolute Gasteiger partial charge is 0.242 e. The predicted molar refractivity (Wildman–Crippen MR) is 111 cm³/mol. The first-order valence-corrected chi connectivity index (χ1v) is 8.70. The second-order valence-electron chi connectivity index (χ2n) is 6.43. The molecule has 0 radical (unpaired) electrons. The molecule has 0 spiro atoms. The summed E-state index contributed by atoms with van der Waals surface area (Å²) in [6.07, 6.45) is 1.53. The molecule has 3 rings (SSSR count). The van der Waals surface area contributed by atoms with Gasteiger partial charge in [0.15, 0.2) is 5.96 Å². The maximum absolute atomic E-state index is 12.3. The molecule has 8 heteroatoms.